The van der Waals surface area contributed by atoms with Crippen molar-refractivity contribution in [1.82, 2.24) is 4.90 Å². The van der Waals surface area contributed by atoms with Crippen LogP contribution in [0.4, 0.5) is 22.0 Å². The van der Waals surface area contributed by atoms with E-state index in [0.29, 0.717) is 18.4 Å². The molecule has 0 aromatic heterocycles. The van der Waals surface area contributed by atoms with Crippen LogP contribution in [0.3, 0.4) is 0 Å². The Morgan fingerprint density at radius 1 is 1.11 bits per heavy atom. The summed E-state index contributed by atoms with van der Waals surface area (Å²) < 4.78 is 69.2. The molecule has 2 aliphatic rings. The van der Waals surface area contributed by atoms with Crippen LogP contribution in [-0.4, -0.2) is 28.8 Å². The zero-order chi connectivity index (χ0) is 20.2. The molecular formula is C21H18F5NO. The van der Waals surface area contributed by atoms with E-state index in [-0.39, 0.29) is 0 Å². The molecule has 148 valence electrons. The smallest absolute Gasteiger partial charge is 0.401 e. The number of alkyl halides is 3. The number of aromatic hydroxyl groups is 1. The van der Waals surface area contributed by atoms with E-state index in [9.17, 15) is 27.1 Å². The molecule has 7 heteroatoms. The maximum Gasteiger partial charge on any atom is 0.401 e. The lowest BCUT2D eigenvalue weighted by atomic mass is 9.84. The standard InChI is InChI=1S/C21H18F5NO/c1-11-6-15-14-5-3-2-4-12(14)7-16(15)20(27(11)10-21(24,25)26)19-17(22)8-13(28)9-18(19)23/h2-5,8-9,11,20,28H,6-7,10H2,1H3/t11-,20+/m1/s1. The van der Waals surface area contributed by atoms with Crippen molar-refractivity contribution in [3.63, 3.8) is 0 Å². The third kappa shape index (κ3) is 3.17. The van der Waals surface area contributed by atoms with E-state index in [1.165, 1.54) is 0 Å². The van der Waals surface area contributed by atoms with Crippen LogP contribution in [0.5, 0.6) is 5.75 Å². The van der Waals surface area contributed by atoms with Crippen LogP contribution in [0, 0.1) is 11.6 Å². The first-order valence-electron chi connectivity index (χ1n) is 8.96. The third-order valence-corrected chi connectivity index (χ3v) is 5.54. The average molecular weight is 395 g/mol. The quantitative estimate of drug-likeness (QED) is 0.691. The van der Waals surface area contributed by atoms with Crippen molar-refractivity contribution >= 4 is 5.57 Å². The summed E-state index contributed by atoms with van der Waals surface area (Å²) in [6, 6.07) is 7.19. The van der Waals surface area contributed by atoms with E-state index in [2.05, 4.69) is 0 Å². The highest BCUT2D eigenvalue weighted by Gasteiger charge is 2.45. The fourth-order valence-electron chi connectivity index (χ4n) is 4.45. The summed E-state index contributed by atoms with van der Waals surface area (Å²) in [4.78, 5) is 1.11. The van der Waals surface area contributed by atoms with E-state index in [0.717, 1.165) is 33.7 Å². The van der Waals surface area contributed by atoms with E-state index in [4.69, 9.17) is 0 Å². The monoisotopic (exact) mass is 395 g/mol. The van der Waals surface area contributed by atoms with Crippen LogP contribution in [0.15, 0.2) is 42.0 Å². The Hall–Kier alpha value is -2.41. The molecule has 0 bridgehead atoms. The summed E-state index contributed by atoms with van der Waals surface area (Å²) >= 11 is 0. The Balaban J connectivity index is 1.91. The maximum absolute atomic E-state index is 14.7. The molecule has 1 aliphatic heterocycles. The molecule has 0 saturated heterocycles. The number of phenolic OH excluding ortho intramolecular Hbond substituents is 1. The van der Waals surface area contributed by atoms with Crippen LogP contribution in [0.2, 0.25) is 0 Å². The highest BCUT2D eigenvalue weighted by molar-refractivity contribution is 5.79. The first-order chi connectivity index (χ1) is 13.2. The number of fused-ring (bicyclic) bond motifs is 2. The summed E-state index contributed by atoms with van der Waals surface area (Å²) in [5.74, 6) is -2.70. The molecule has 0 saturated carbocycles. The Morgan fingerprint density at radius 2 is 1.75 bits per heavy atom. The molecule has 2 aromatic rings. The second-order valence-corrected chi connectivity index (χ2v) is 7.40. The summed E-state index contributed by atoms with van der Waals surface area (Å²) in [5, 5.41) is 9.46. The van der Waals surface area contributed by atoms with E-state index < -0.39 is 47.8 Å². The van der Waals surface area contributed by atoms with Crippen LogP contribution in [-0.2, 0) is 6.42 Å². The van der Waals surface area contributed by atoms with Gasteiger partial charge in [0.25, 0.3) is 0 Å². The van der Waals surface area contributed by atoms with Crippen LogP contribution in [0.25, 0.3) is 5.57 Å². The Bertz CT molecular complexity index is 943. The number of rotatable bonds is 2. The topological polar surface area (TPSA) is 23.5 Å². The van der Waals surface area contributed by atoms with Gasteiger partial charge in [-0.15, -0.1) is 0 Å². The summed E-state index contributed by atoms with van der Waals surface area (Å²) in [6.45, 7) is 0.366. The summed E-state index contributed by atoms with van der Waals surface area (Å²) in [5.41, 5.74) is 2.87. The minimum absolute atomic E-state index is 0.344. The Kier molecular flexibility index (Phi) is 4.45. The van der Waals surface area contributed by atoms with E-state index >= 15 is 0 Å². The molecule has 1 aliphatic carbocycles. The SMILES string of the molecule is C[C@@H]1CC2=C(Cc3ccccc32)[C@@H](c2c(F)cc(O)cc2F)N1CC(F)(F)F. The van der Waals surface area contributed by atoms with Gasteiger partial charge in [-0.05, 0) is 42.0 Å². The predicted molar refractivity (Wildman–Crippen MR) is 94.7 cm³/mol. The molecular weight excluding hydrogens is 377 g/mol. The third-order valence-electron chi connectivity index (χ3n) is 5.54. The normalized spacial score (nSPS) is 22.4. The summed E-state index contributed by atoms with van der Waals surface area (Å²) in [7, 11) is 0. The van der Waals surface area contributed by atoms with Gasteiger partial charge in [0.15, 0.2) is 0 Å². The maximum atomic E-state index is 14.7. The van der Waals surface area contributed by atoms with E-state index in [1.54, 1.807) is 6.92 Å². The molecule has 0 amide bonds. The minimum atomic E-state index is -4.51. The number of benzene rings is 2. The predicted octanol–water partition coefficient (Wildman–Crippen LogP) is 5.38. The molecule has 1 heterocycles. The first kappa shape index (κ1) is 18.9. The van der Waals surface area contributed by atoms with Crippen LogP contribution < -0.4 is 0 Å². The van der Waals surface area contributed by atoms with Gasteiger partial charge in [-0.25, -0.2) is 8.78 Å². The molecule has 4 rings (SSSR count). The zero-order valence-electron chi connectivity index (χ0n) is 15.0. The number of nitrogens with zero attached hydrogens (tertiary/aromatic N) is 1. The second-order valence-electron chi connectivity index (χ2n) is 7.40. The number of hydrogen-bond acceptors (Lipinski definition) is 2. The molecule has 0 spiro atoms. The van der Waals surface area contributed by atoms with Crippen molar-refractivity contribution < 1.29 is 27.1 Å². The second kappa shape index (κ2) is 6.58. The van der Waals surface area contributed by atoms with Gasteiger partial charge >= 0.3 is 6.18 Å². The van der Waals surface area contributed by atoms with Crippen LogP contribution >= 0.6 is 0 Å². The van der Waals surface area contributed by atoms with Gasteiger partial charge in [0.2, 0.25) is 0 Å². The highest BCUT2D eigenvalue weighted by Crippen LogP contribution is 2.50. The van der Waals surface area contributed by atoms with Gasteiger partial charge in [0.05, 0.1) is 12.6 Å². The van der Waals surface area contributed by atoms with Gasteiger partial charge in [-0.3, -0.25) is 4.90 Å². The molecule has 2 nitrogen and oxygen atoms in total. The molecule has 28 heavy (non-hydrogen) atoms. The molecule has 0 fully saturated rings. The van der Waals surface area contributed by atoms with Gasteiger partial charge in [0.1, 0.15) is 17.4 Å². The number of hydrogen-bond donors (Lipinski definition) is 1. The van der Waals surface area contributed by atoms with Crippen molar-refractivity contribution in [3.05, 3.63) is 70.3 Å². The average Bonchev–Trinajstić information content (AvgIpc) is 2.94. The van der Waals surface area contributed by atoms with Gasteiger partial charge in [-0.1, -0.05) is 24.3 Å². The van der Waals surface area contributed by atoms with Crippen molar-refractivity contribution in [2.75, 3.05) is 6.54 Å². The van der Waals surface area contributed by atoms with E-state index in [1.807, 2.05) is 24.3 Å². The highest BCUT2D eigenvalue weighted by atomic mass is 19.4. The lowest BCUT2D eigenvalue weighted by Gasteiger charge is -2.42. The first-order valence-corrected chi connectivity index (χ1v) is 8.96. The number of halogens is 5. The lowest BCUT2D eigenvalue weighted by molar-refractivity contribution is -0.155. The molecule has 2 atom stereocenters. The fourth-order valence-corrected chi connectivity index (χ4v) is 4.45. The van der Waals surface area contributed by atoms with Crippen molar-refractivity contribution in [2.45, 2.75) is 38.0 Å². The molecule has 1 N–H and O–H groups in total. The van der Waals surface area contributed by atoms with Crippen molar-refractivity contribution in [2.24, 2.45) is 0 Å². The van der Waals surface area contributed by atoms with Crippen molar-refractivity contribution in [3.8, 4) is 5.75 Å². The lowest BCUT2D eigenvalue weighted by Crippen LogP contribution is -2.46. The minimum Gasteiger partial charge on any atom is -0.508 e. The molecule has 2 aromatic carbocycles. The van der Waals surface area contributed by atoms with Crippen LogP contribution in [0.1, 0.15) is 36.1 Å². The molecule has 0 unspecified atom stereocenters. The number of phenols is 1. The van der Waals surface area contributed by atoms with Gasteiger partial charge < -0.3 is 5.11 Å². The van der Waals surface area contributed by atoms with Gasteiger partial charge in [0, 0.05) is 23.7 Å². The Labute approximate surface area is 158 Å². The zero-order valence-corrected chi connectivity index (χ0v) is 15.0. The fraction of sp³-hybridized carbons (Fsp3) is 0.333. The van der Waals surface area contributed by atoms with Crippen molar-refractivity contribution in [1.29, 1.82) is 0 Å². The Morgan fingerprint density at radius 3 is 2.39 bits per heavy atom. The summed E-state index contributed by atoms with van der Waals surface area (Å²) in [6.07, 6.45) is -3.79. The van der Waals surface area contributed by atoms with Gasteiger partial charge in [-0.2, -0.15) is 13.2 Å². The largest absolute Gasteiger partial charge is 0.508 e. The molecule has 0 radical (unpaired) electrons.